The zero-order valence-corrected chi connectivity index (χ0v) is 14.4. The fourth-order valence-corrected chi connectivity index (χ4v) is 3.73. The van der Waals surface area contributed by atoms with Crippen LogP contribution in [0.15, 0.2) is 46.9 Å². The number of rotatable bonds is 3. The van der Waals surface area contributed by atoms with Crippen molar-refractivity contribution in [3.63, 3.8) is 0 Å². The van der Waals surface area contributed by atoms with Gasteiger partial charge in [-0.3, -0.25) is 0 Å². The Morgan fingerprint density at radius 1 is 1.20 bits per heavy atom. The fourth-order valence-electron chi connectivity index (χ4n) is 3.73. The number of carbonyl (C=O) groups is 1. The van der Waals surface area contributed by atoms with E-state index in [2.05, 4.69) is 48.6 Å². The number of urea groups is 1. The minimum Gasteiger partial charge on any atom is -0.459 e. The highest BCUT2D eigenvalue weighted by Gasteiger charge is 2.23. The topological polar surface area (TPSA) is 71.5 Å². The summed E-state index contributed by atoms with van der Waals surface area (Å²) in [5.74, 6) is 0.948. The van der Waals surface area contributed by atoms with Crippen molar-refractivity contribution in [2.24, 2.45) is 5.73 Å². The third-order valence-electron chi connectivity index (χ3n) is 5.16. The molecule has 0 radical (unpaired) electrons. The monoisotopic (exact) mass is 337 g/mol. The van der Waals surface area contributed by atoms with Crippen LogP contribution in [0.3, 0.4) is 0 Å². The lowest BCUT2D eigenvalue weighted by Crippen LogP contribution is -2.47. The van der Waals surface area contributed by atoms with E-state index in [1.807, 2.05) is 6.07 Å². The number of nitrogens with two attached hydrogens (primary N) is 1. The van der Waals surface area contributed by atoms with Crippen molar-refractivity contribution < 1.29 is 9.21 Å². The standard InChI is InChI=1S/C20H23N3O2/c1-13(22-15-8-10-23(11-9-15)20(21)24)19-12-17-16-5-3-2-4-14(16)6-7-18(17)25-19/h2-7,12-13,15,22H,8-11H2,1H3,(H2,21,24). The molecule has 5 heteroatoms. The quantitative estimate of drug-likeness (QED) is 0.764. The van der Waals surface area contributed by atoms with Crippen molar-refractivity contribution in [3.8, 4) is 0 Å². The molecular weight excluding hydrogens is 314 g/mol. The first-order chi connectivity index (χ1) is 12.1. The third kappa shape index (κ3) is 3.07. The number of hydrogen-bond acceptors (Lipinski definition) is 3. The average Bonchev–Trinajstić information content (AvgIpc) is 3.07. The molecule has 5 nitrogen and oxygen atoms in total. The Kier molecular flexibility index (Phi) is 4.09. The van der Waals surface area contributed by atoms with Crippen molar-refractivity contribution in [1.29, 1.82) is 0 Å². The van der Waals surface area contributed by atoms with Gasteiger partial charge in [0.15, 0.2) is 0 Å². The Morgan fingerprint density at radius 2 is 1.96 bits per heavy atom. The second-order valence-corrected chi connectivity index (χ2v) is 6.84. The summed E-state index contributed by atoms with van der Waals surface area (Å²) in [6, 6.07) is 14.8. The summed E-state index contributed by atoms with van der Waals surface area (Å²) >= 11 is 0. The van der Waals surface area contributed by atoms with Crippen LogP contribution in [-0.2, 0) is 0 Å². The van der Waals surface area contributed by atoms with Crippen molar-refractivity contribution >= 4 is 27.8 Å². The number of nitrogens with one attached hydrogen (secondary N) is 1. The first-order valence-corrected chi connectivity index (χ1v) is 8.83. The molecule has 0 bridgehead atoms. The summed E-state index contributed by atoms with van der Waals surface area (Å²) in [4.78, 5) is 12.9. The van der Waals surface area contributed by atoms with Crippen LogP contribution in [0.5, 0.6) is 0 Å². The van der Waals surface area contributed by atoms with Crippen LogP contribution in [0.4, 0.5) is 4.79 Å². The van der Waals surface area contributed by atoms with Gasteiger partial charge in [0, 0.05) is 24.5 Å². The molecule has 1 saturated heterocycles. The highest BCUT2D eigenvalue weighted by Crippen LogP contribution is 2.30. The van der Waals surface area contributed by atoms with E-state index in [-0.39, 0.29) is 12.1 Å². The number of carbonyl (C=O) groups excluding carboxylic acids is 1. The number of likely N-dealkylation sites (tertiary alicyclic amines) is 1. The highest BCUT2D eigenvalue weighted by molar-refractivity contribution is 6.05. The number of furan rings is 1. The van der Waals surface area contributed by atoms with Crippen molar-refractivity contribution in [1.82, 2.24) is 10.2 Å². The number of nitrogens with zero attached hydrogens (tertiary/aromatic N) is 1. The van der Waals surface area contributed by atoms with E-state index in [9.17, 15) is 4.79 Å². The smallest absolute Gasteiger partial charge is 0.314 e. The molecule has 2 amide bonds. The lowest BCUT2D eigenvalue weighted by Gasteiger charge is -2.32. The Morgan fingerprint density at radius 3 is 2.72 bits per heavy atom. The molecule has 2 aromatic carbocycles. The molecule has 0 aliphatic carbocycles. The maximum Gasteiger partial charge on any atom is 0.314 e. The number of piperidine rings is 1. The van der Waals surface area contributed by atoms with E-state index in [1.54, 1.807) is 4.90 Å². The molecule has 25 heavy (non-hydrogen) atoms. The molecule has 1 aromatic heterocycles. The van der Waals surface area contributed by atoms with E-state index < -0.39 is 0 Å². The van der Waals surface area contributed by atoms with Crippen LogP contribution < -0.4 is 11.1 Å². The molecule has 0 spiro atoms. The van der Waals surface area contributed by atoms with Crippen LogP contribution in [0, 0.1) is 0 Å². The second-order valence-electron chi connectivity index (χ2n) is 6.84. The van der Waals surface area contributed by atoms with Gasteiger partial charge in [-0.05, 0) is 42.7 Å². The van der Waals surface area contributed by atoms with Crippen molar-refractivity contribution in [2.75, 3.05) is 13.1 Å². The molecule has 3 N–H and O–H groups in total. The van der Waals surface area contributed by atoms with Gasteiger partial charge in [-0.25, -0.2) is 4.79 Å². The molecule has 130 valence electrons. The maximum atomic E-state index is 11.2. The number of fused-ring (bicyclic) bond motifs is 3. The first-order valence-electron chi connectivity index (χ1n) is 8.83. The lowest BCUT2D eigenvalue weighted by molar-refractivity contribution is 0.182. The number of hydrogen-bond donors (Lipinski definition) is 2. The molecule has 1 aliphatic rings. The van der Waals surface area contributed by atoms with Crippen LogP contribution >= 0.6 is 0 Å². The molecule has 4 rings (SSSR count). The Labute approximate surface area is 146 Å². The van der Waals surface area contributed by atoms with Crippen LogP contribution in [0.2, 0.25) is 0 Å². The van der Waals surface area contributed by atoms with E-state index >= 15 is 0 Å². The zero-order valence-electron chi connectivity index (χ0n) is 14.4. The lowest BCUT2D eigenvalue weighted by atomic mass is 10.0. The van der Waals surface area contributed by atoms with E-state index in [4.69, 9.17) is 10.2 Å². The van der Waals surface area contributed by atoms with E-state index in [0.717, 1.165) is 29.6 Å². The van der Waals surface area contributed by atoms with Gasteiger partial charge in [0.05, 0.1) is 6.04 Å². The normalized spacial score (nSPS) is 17.2. The van der Waals surface area contributed by atoms with Crippen molar-refractivity contribution in [3.05, 3.63) is 48.2 Å². The molecule has 1 aliphatic heterocycles. The van der Waals surface area contributed by atoms with E-state index in [0.29, 0.717) is 19.1 Å². The van der Waals surface area contributed by atoms with Crippen LogP contribution in [0.25, 0.3) is 21.7 Å². The van der Waals surface area contributed by atoms with E-state index in [1.165, 1.54) is 10.8 Å². The Balaban J connectivity index is 1.52. The van der Waals surface area contributed by atoms with Crippen LogP contribution in [-0.4, -0.2) is 30.1 Å². The minimum absolute atomic E-state index is 0.122. The fraction of sp³-hybridized carbons (Fsp3) is 0.350. The largest absolute Gasteiger partial charge is 0.459 e. The van der Waals surface area contributed by atoms with Gasteiger partial charge in [0.2, 0.25) is 0 Å². The molecule has 0 saturated carbocycles. The molecule has 1 unspecified atom stereocenters. The molecule has 1 fully saturated rings. The molecular formula is C20H23N3O2. The predicted octanol–water partition coefficient (Wildman–Crippen LogP) is 3.78. The average molecular weight is 337 g/mol. The summed E-state index contributed by atoms with van der Waals surface area (Å²) in [5, 5.41) is 7.23. The van der Waals surface area contributed by atoms with Gasteiger partial charge in [0.25, 0.3) is 0 Å². The van der Waals surface area contributed by atoms with Gasteiger partial charge in [0.1, 0.15) is 11.3 Å². The van der Waals surface area contributed by atoms with Gasteiger partial charge in [-0.15, -0.1) is 0 Å². The highest BCUT2D eigenvalue weighted by atomic mass is 16.3. The predicted molar refractivity (Wildman–Crippen MR) is 99.4 cm³/mol. The summed E-state index contributed by atoms with van der Waals surface area (Å²) in [6.07, 6.45) is 1.83. The summed E-state index contributed by atoms with van der Waals surface area (Å²) in [6.45, 7) is 3.55. The van der Waals surface area contributed by atoms with Gasteiger partial charge < -0.3 is 20.4 Å². The maximum absolute atomic E-state index is 11.2. The molecule has 2 heterocycles. The SMILES string of the molecule is CC(NC1CCN(C(N)=O)CC1)c1cc2c(ccc3ccccc32)o1. The van der Waals surface area contributed by atoms with Gasteiger partial charge >= 0.3 is 6.03 Å². The first kappa shape index (κ1) is 16.0. The van der Waals surface area contributed by atoms with Crippen LogP contribution in [0.1, 0.15) is 31.6 Å². The Hall–Kier alpha value is -2.53. The molecule has 3 aromatic rings. The number of primary amides is 1. The van der Waals surface area contributed by atoms with Crippen molar-refractivity contribution in [2.45, 2.75) is 31.8 Å². The number of amides is 2. The number of benzene rings is 2. The summed E-state index contributed by atoms with van der Waals surface area (Å²) in [7, 11) is 0. The summed E-state index contributed by atoms with van der Waals surface area (Å²) < 4.78 is 6.09. The summed E-state index contributed by atoms with van der Waals surface area (Å²) in [5.41, 5.74) is 6.27. The third-order valence-corrected chi connectivity index (χ3v) is 5.16. The molecule has 1 atom stereocenters. The van der Waals surface area contributed by atoms with Gasteiger partial charge in [-0.1, -0.05) is 30.3 Å². The Bertz CT molecular complexity index is 910. The van der Waals surface area contributed by atoms with Gasteiger partial charge in [-0.2, -0.15) is 0 Å². The minimum atomic E-state index is -0.323. The second kappa shape index (κ2) is 6.41. The zero-order chi connectivity index (χ0) is 17.4.